The third-order valence-corrected chi connectivity index (χ3v) is 4.45. The fourth-order valence-corrected chi connectivity index (χ4v) is 3.06. The summed E-state index contributed by atoms with van der Waals surface area (Å²) < 4.78 is 10.4. The number of ether oxygens (including phenoxy) is 2. The molecule has 28 heavy (non-hydrogen) atoms. The van der Waals surface area contributed by atoms with Crippen LogP contribution in [0.3, 0.4) is 0 Å². The second-order valence-corrected chi connectivity index (χ2v) is 6.64. The summed E-state index contributed by atoms with van der Waals surface area (Å²) in [6, 6.07) is 5.28. The molecule has 0 radical (unpaired) electrons. The third kappa shape index (κ3) is 7.83. The number of allylic oxidation sites excluding steroid dienone is 2. The standard InChI is InChI=1S/C19H25N3O5S/c1-5-6-15(22(24)25)11-16(12-20-2)28-13-21-19(23)10-14-7-8-17(26-3)18(9-14)27-4/h6-9,11H,2,5,10,12-13H2,1,3-4H3,(H,21,23)/b15-6+,16-11+. The zero-order valence-corrected chi connectivity index (χ0v) is 17.1. The van der Waals surface area contributed by atoms with Gasteiger partial charge in [-0.3, -0.25) is 19.9 Å². The van der Waals surface area contributed by atoms with Gasteiger partial charge in [-0.15, -0.1) is 11.8 Å². The number of rotatable bonds is 12. The maximum absolute atomic E-state index is 12.2. The number of methoxy groups -OCH3 is 2. The summed E-state index contributed by atoms with van der Waals surface area (Å²) in [7, 11) is 3.08. The minimum Gasteiger partial charge on any atom is -0.493 e. The zero-order valence-electron chi connectivity index (χ0n) is 16.3. The molecule has 0 unspecified atom stereocenters. The molecule has 8 nitrogen and oxygen atoms in total. The van der Waals surface area contributed by atoms with E-state index in [4.69, 9.17) is 9.47 Å². The third-order valence-electron chi connectivity index (χ3n) is 3.54. The Kier molecular flexibility index (Phi) is 10.4. The smallest absolute Gasteiger partial charge is 0.266 e. The molecule has 0 aliphatic rings. The SMILES string of the molecule is C=NC/C(=C\C(=C/CC)[N+](=O)[O-])SCNC(=O)Cc1ccc(OC)c(OC)c1. The highest BCUT2D eigenvalue weighted by atomic mass is 32.2. The first kappa shape index (κ1) is 23.2. The van der Waals surface area contributed by atoms with Crippen molar-refractivity contribution in [2.45, 2.75) is 19.8 Å². The van der Waals surface area contributed by atoms with E-state index < -0.39 is 4.92 Å². The molecule has 0 aliphatic carbocycles. The van der Waals surface area contributed by atoms with Gasteiger partial charge in [0.25, 0.3) is 5.70 Å². The number of carbonyl (C=O) groups excluding carboxylic acids is 1. The first-order valence-electron chi connectivity index (χ1n) is 8.53. The lowest BCUT2D eigenvalue weighted by Gasteiger charge is -2.10. The van der Waals surface area contributed by atoms with Crippen molar-refractivity contribution in [2.75, 3.05) is 26.6 Å². The molecule has 152 valence electrons. The second kappa shape index (κ2) is 12.6. The number of carbonyl (C=O) groups is 1. The fraction of sp³-hybridized carbons (Fsp3) is 0.368. The number of hydrogen-bond donors (Lipinski definition) is 1. The van der Waals surface area contributed by atoms with Crippen molar-refractivity contribution in [1.82, 2.24) is 5.32 Å². The predicted octanol–water partition coefficient (Wildman–Crippen LogP) is 3.21. The highest BCUT2D eigenvalue weighted by Crippen LogP contribution is 2.27. The molecule has 0 saturated heterocycles. The quantitative estimate of drug-likeness (QED) is 0.188. The molecule has 1 amide bonds. The predicted molar refractivity (Wildman–Crippen MR) is 112 cm³/mol. The van der Waals surface area contributed by atoms with Crippen molar-refractivity contribution < 1.29 is 19.2 Å². The van der Waals surface area contributed by atoms with Gasteiger partial charge < -0.3 is 14.8 Å². The van der Waals surface area contributed by atoms with Crippen molar-refractivity contribution in [2.24, 2.45) is 4.99 Å². The number of amides is 1. The Bertz CT molecular complexity index is 762. The van der Waals surface area contributed by atoms with Crippen LogP contribution in [0.4, 0.5) is 0 Å². The van der Waals surface area contributed by atoms with Crippen molar-refractivity contribution >= 4 is 24.4 Å². The first-order valence-corrected chi connectivity index (χ1v) is 9.51. The van der Waals surface area contributed by atoms with Crippen LogP contribution in [0, 0.1) is 10.1 Å². The van der Waals surface area contributed by atoms with Crippen molar-refractivity contribution in [3.8, 4) is 11.5 Å². The van der Waals surface area contributed by atoms with Gasteiger partial charge in [0.15, 0.2) is 11.5 Å². The monoisotopic (exact) mass is 407 g/mol. The molecule has 1 rings (SSSR count). The lowest BCUT2D eigenvalue weighted by molar-refractivity contribution is -0.419. The van der Waals surface area contributed by atoms with E-state index in [0.29, 0.717) is 22.8 Å². The molecule has 9 heteroatoms. The summed E-state index contributed by atoms with van der Waals surface area (Å²) >= 11 is 1.28. The Labute approximate surface area is 168 Å². The van der Waals surface area contributed by atoms with Gasteiger partial charge in [0.05, 0.1) is 38.0 Å². The summed E-state index contributed by atoms with van der Waals surface area (Å²) in [4.78, 5) is 27.2. The highest BCUT2D eigenvalue weighted by Gasteiger charge is 2.11. The Hall–Kier alpha value is -2.81. The summed E-state index contributed by atoms with van der Waals surface area (Å²) in [5.41, 5.74) is 0.787. The minimum atomic E-state index is -0.442. The first-order chi connectivity index (χ1) is 13.4. The molecule has 0 aromatic heterocycles. The number of hydrogen-bond acceptors (Lipinski definition) is 7. The molecule has 1 aromatic carbocycles. The van der Waals surface area contributed by atoms with Crippen LogP contribution in [0.15, 0.2) is 45.9 Å². The molecule has 0 saturated carbocycles. The average Bonchev–Trinajstić information content (AvgIpc) is 2.67. The van der Waals surface area contributed by atoms with Crippen LogP contribution in [0.1, 0.15) is 18.9 Å². The van der Waals surface area contributed by atoms with E-state index in [-0.39, 0.29) is 30.4 Å². The Morgan fingerprint density at radius 2 is 2.07 bits per heavy atom. The topological polar surface area (TPSA) is 103 Å². The molecule has 0 fully saturated rings. The Morgan fingerprint density at radius 1 is 1.36 bits per heavy atom. The molecule has 1 N–H and O–H groups in total. The summed E-state index contributed by atoms with van der Waals surface area (Å²) in [5, 5.41) is 13.8. The van der Waals surface area contributed by atoms with Crippen LogP contribution >= 0.6 is 11.8 Å². The lowest BCUT2D eigenvalue weighted by atomic mass is 10.1. The minimum absolute atomic E-state index is 0.00491. The van der Waals surface area contributed by atoms with Gasteiger partial charge in [0, 0.05) is 11.0 Å². The van der Waals surface area contributed by atoms with Crippen LogP contribution in [-0.4, -0.2) is 44.2 Å². The maximum Gasteiger partial charge on any atom is 0.266 e. The van der Waals surface area contributed by atoms with E-state index in [0.717, 1.165) is 5.56 Å². The van der Waals surface area contributed by atoms with Crippen LogP contribution in [0.5, 0.6) is 11.5 Å². The van der Waals surface area contributed by atoms with Crippen LogP contribution in [0.25, 0.3) is 0 Å². The summed E-state index contributed by atoms with van der Waals surface area (Å²) in [6.45, 7) is 5.49. The van der Waals surface area contributed by atoms with Crippen molar-refractivity contribution in [1.29, 1.82) is 0 Å². The zero-order chi connectivity index (χ0) is 20.9. The molecular weight excluding hydrogens is 382 g/mol. The molecular formula is C19H25N3O5S. The van der Waals surface area contributed by atoms with Gasteiger partial charge in [-0.05, 0) is 36.9 Å². The summed E-state index contributed by atoms with van der Waals surface area (Å²) in [5.74, 6) is 1.24. The summed E-state index contributed by atoms with van der Waals surface area (Å²) in [6.07, 6.45) is 3.71. The number of thioether (sulfide) groups is 1. The van der Waals surface area contributed by atoms with Gasteiger partial charge in [-0.25, -0.2) is 0 Å². The van der Waals surface area contributed by atoms with E-state index in [9.17, 15) is 14.9 Å². The van der Waals surface area contributed by atoms with E-state index in [1.54, 1.807) is 25.3 Å². The Balaban J connectivity index is 2.67. The highest BCUT2D eigenvalue weighted by molar-refractivity contribution is 8.03. The van der Waals surface area contributed by atoms with Crippen LogP contribution in [0.2, 0.25) is 0 Å². The average molecular weight is 407 g/mol. The van der Waals surface area contributed by atoms with Crippen molar-refractivity contribution in [3.63, 3.8) is 0 Å². The van der Waals surface area contributed by atoms with E-state index in [2.05, 4.69) is 17.0 Å². The van der Waals surface area contributed by atoms with Gasteiger partial charge >= 0.3 is 0 Å². The number of nitro groups is 1. The van der Waals surface area contributed by atoms with E-state index in [1.807, 2.05) is 6.92 Å². The molecule has 0 atom stereocenters. The maximum atomic E-state index is 12.2. The van der Waals surface area contributed by atoms with Crippen LogP contribution in [-0.2, 0) is 11.2 Å². The molecule has 0 aliphatic heterocycles. The molecule has 0 heterocycles. The number of benzene rings is 1. The van der Waals surface area contributed by atoms with Crippen LogP contribution < -0.4 is 14.8 Å². The van der Waals surface area contributed by atoms with Gasteiger partial charge in [0.2, 0.25) is 5.91 Å². The molecule has 0 spiro atoms. The number of aliphatic imine (C=N–C) groups is 1. The lowest BCUT2D eigenvalue weighted by Crippen LogP contribution is -2.24. The van der Waals surface area contributed by atoms with E-state index in [1.165, 1.54) is 31.0 Å². The molecule has 0 bridgehead atoms. The van der Waals surface area contributed by atoms with Gasteiger partial charge in [-0.2, -0.15) is 0 Å². The van der Waals surface area contributed by atoms with Gasteiger partial charge in [0.1, 0.15) is 0 Å². The fourth-order valence-electron chi connectivity index (χ4n) is 2.25. The number of nitrogens with zero attached hydrogens (tertiary/aromatic N) is 2. The second-order valence-electron chi connectivity index (χ2n) is 5.54. The number of nitrogens with one attached hydrogen (secondary N) is 1. The Morgan fingerprint density at radius 3 is 2.64 bits per heavy atom. The van der Waals surface area contributed by atoms with Gasteiger partial charge in [-0.1, -0.05) is 13.0 Å². The normalized spacial score (nSPS) is 11.7. The van der Waals surface area contributed by atoms with E-state index >= 15 is 0 Å². The van der Waals surface area contributed by atoms with Crippen molar-refractivity contribution in [3.05, 3.63) is 56.6 Å². The molecule has 1 aromatic rings. The largest absolute Gasteiger partial charge is 0.493 e.